The van der Waals surface area contributed by atoms with E-state index in [9.17, 15) is 9.59 Å². The molecule has 1 unspecified atom stereocenters. The van der Waals surface area contributed by atoms with Crippen LogP contribution in [0.2, 0.25) is 0 Å². The van der Waals surface area contributed by atoms with Gasteiger partial charge in [0, 0.05) is 17.8 Å². The number of hydrogen-bond donors (Lipinski definition) is 1. The van der Waals surface area contributed by atoms with Crippen molar-refractivity contribution in [1.82, 2.24) is 9.55 Å². The van der Waals surface area contributed by atoms with Gasteiger partial charge in [-0.25, -0.2) is 9.97 Å². The first-order chi connectivity index (χ1) is 15.6. The van der Waals surface area contributed by atoms with Crippen molar-refractivity contribution in [3.63, 3.8) is 0 Å². The number of rotatable bonds is 8. The van der Waals surface area contributed by atoms with Crippen molar-refractivity contribution >= 4 is 44.9 Å². The van der Waals surface area contributed by atoms with E-state index >= 15 is 0 Å². The summed E-state index contributed by atoms with van der Waals surface area (Å²) in [5.74, 6) is -0.0871. The van der Waals surface area contributed by atoms with Crippen molar-refractivity contribution in [2.45, 2.75) is 43.6 Å². The first-order valence-corrected chi connectivity index (χ1v) is 12.4. The van der Waals surface area contributed by atoms with E-state index in [4.69, 9.17) is 4.98 Å². The van der Waals surface area contributed by atoms with Crippen molar-refractivity contribution in [3.8, 4) is 0 Å². The standard InChI is InChI=1S/C24H24N4O2S2/c1-3-16-9-5-6-11-18(16)26-22(29)20(4-2)32-24-27-19-12-14-31-21(19)23(30)28(24)15-17-10-7-8-13-25-17/h5-14,20H,3-4,15H2,1-2H3,(H,26,29)/p+1. The third-order valence-corrected chi connectivity index (χ3v) is 7.45. The number of nitrogens with zero attached hydrogens (tertiary/aromatic N) is 2. The molecule has 3 aromatic heterocycles. The number of thioether (sulfide) groups is 1. The molecule has 6 nitrogen and oxygen atoms in total. The van der Waals surface area contributed by atoms with E-state index in [1.165, 1.54) is 23.1 Å². The number of H-pyrrole nitrogens is 1. The van der Waals surface area contributed by atoms with Gasteiger partial charge in [-0.3, -0.25) is 14.2 Å². The summed E-state index contributed by atoms with van der Waals surface area (Å²) in [6.07, 6.45) is 3.28. The highest BCUT2D eigenvalue weighted by Gasteiger charge is 2.23. The number of anilines is 1. The second-order valence-corrected chi connectivity index (χ2v) is 9.41. The molecule has 0 radical (unpaired) electrons. The van der Waals surface area contributed by atoms with E-state index in [0.29, 0.717) is 28.3 Å². The van der Waals surface area contributed by atoms with Gasteiger partial charge in [0.1, 0.15) is 11.2 Å². The average molecular weight is 466 g/mol. The molecule has 2 N–H and O–H groups in total. The summed E-state index contributed by atoms with van der Waals surface area (Å²) >= 11 is 2.73. The van der Waals surface area contributed by atoms with E-state index in [2.05, 4.69) is 17.2 Å². The maximum atomic E-state index is 13.2. The molecule has 4 aromatic rings. The Labute approximate surface area is 194 Å². The van der Waals surface area contributed by atoms with Gasteiger partial charge in [0.2, 0.25) is 5.91 Å². The maximum Gasteiger partial charge on any atom is 0.272 e. The molecule has 0 fully saturated rings. The van der Waals surface area contributed by atoms with Crippen LogP contribution in [-0.2, 0) is 17.8 Å². The molecule has 0 spiro atoms. The predicted octanol–water partition coefficient (Wildman–Crippen LogP) is 4.39. The lowest BCUT2D eigenvalue weighted by Gasteiger charge is -2.18. The molecule has 0 saturated heterocycles. The number of para-hydroxylation sites is 1. The Kier molecular flexibility index (Phi) is 7.02. The van der Waals surface area contributed by atoms with Crippen LogP contribution >= 0.6 is 23.1 Å². The van der Waals surface area contributed by atoms with Crippen LogP contribution < -0.4 is 15.9 Å². The van der Waals surface area contributed by atoms with Gasteiger partial charge >= 0.3 is 0 Å². The van der Waals surface area contributed by atoms with Crippen LogP contribution in [0.3, 0.4) is 0 Å². The van der Waals surface area contributed by atoms with E-state index in [1.54, 1.807) is 4.57 Å². The smallest absolute Gasteiger partial charge is 0.272 e. The van der Waals surface area contributed by atoms with Crippen LogP contribution in [0.1, 0.15) is 31.5 Å². The fourth-order valence-corrected chi connectivity index (χ4v) is 5.26. The Hall–Kier alpha value is -2.97. The number of carbonyl (C=O) groups is 1. The number of aryl methyl sites for hydroxylation is 1. The Bertz CT molecular complexity index is 1280. The van der Waals surface area contributed by atoms with Gasteiger partial charge in [0.25, 0.3) is 5.56 Å². The first-order valence-electron chi connectivity index (χ1n) is 10.6. The Morgan fingerprint density at radius 3 is 2.75 bits per heavy atom. The quantitative estimate of drug-likeness (QED) is 0.309. The number of aromatic amines is 1. The SMILES string of the molecule is CCc1ccccc1NC(=O)C(CC)Sc1nc2ccsc2c(=O)n1Cc1cccc[nH+]1. The fraction of sp³-hybridized carbons (Fsp3) is 0.250. The van der Waals surface area contributed by atoms with Crippen LogP contribution in [0.25, 0.3) is 10.2 Å². The van der Waals surface area contributed by atoms with Crippen LogP contribution in [-0.4, -0.2) is 20.7 Å². The highest BCUT2D eigenvalue weighted by Crippen LogP contribution is 2.28. The van der Waals surface area contributed by atoms with Gasteiger partial charge in [-0.05, 0) is 35.9 Å². The molecule has 164 valence electrons. The van der Waals surface area contributed by atoms with Gasteiger partial charge in [0.15, 0.2) is 17.0 Å². The zero-order valence-electron chi connectivity index (χ0n) is 18.0. The first kappa shape index (κ1) is 22.2. The summed E-state index contributed by atoms with van der Waals surface area (Å²) in [7, 11) is 0. The summed E-state index contributed by atoms with van der Waals surface area (Å²) < 4.78 is 2.28. The van der Waals surface area contributed by atoms with Gasteiger partial charge in [-0.15, -0.1) is 11.3 Å². The minimum Gasteiger partial charge on any atom is -0.325 e. The van der Waals surface area contributed by atoms with Gasteiger partial charge in [-0.1, -0.05) is 49.9 Å². The average Bonchev–Trinajstić information content (AvgIpc) is 3.29. The number of hydrogen-bond acceptors (Lipinski definition) is 5. The molecule has 1 aromatic carbocycles. The molecule has 32 heavy (non-hydrogen) atoms. The molecule has 3 heterocycles. The largest absolute Gasteiger partial charge is 0.325 e. The van der Waals surface area contributed by atoms with Crippen LogP contribution in [0.4, 0.5) is 5.69 Å². The molecular formula is C24H25N4O2S2+. The highest BCUT2D eigenvalue weighted by molar-refractivity contribution is 8.00. The number of carbonyl (C=O) groups excluding carboxylic acids is 1. The summed E-state index contributed by atoms with van der Waals surface area (Å²) in [6.45, 7) is 4.40. The van der Waals surface area contributed by atoms with Gasteiger partial charge in [0.05, 0.1) is 10.8 Å². The lowest BCUT2D eigenvalue weighted by atomic mass is 10.1. The van der Waals surface area contributed by atoms with Crippen LogP contribution in [0.5, 0.6) is 0 Å². The van der Waals surface area contributed by atoms with E-state index in [0.717, 1.165) is 23.4 Å². The topological polar surface area (TPSA) is 78.1 Å². The Morgan fingerprint density at radius 1 is 1.19 bits per heavy atom. The molecule has 1 atom stereocenters. The molecular weight excluding hydrogens is 440 g/mol. The molecule has 0 saturated carbocycles. The fourth-order valence-electron chi connectivity index (χ4n) is 3.47. The lowest BCUT2D eigenvalue weighted by molar-refractivity contribution is -0.391. The number of fused-ring (bicyclic) bond motifs is 1. The van der Waals surface area contributed by atoms with Crippen molar-refractivity contribution in [3.05, 3.63) is 81.7 Å². The zero-order chi connectivity index (χ0) is 22.5. The van der Waals surface area contributed by atoms with E-state index in [-0.39, 0.29) is 16.7 Å². The predicted molar refractivity (Wildman–Crippen MR) is 130 cm³/mol. The maximum absolute atomic E-state index is 13.2. The second kappa shape index (κ2) is 10.1. The summed E-state index contributed by atoms with van der Waals surface area (Å²) in [5.41, 5.74) is 3.40. The second-order valence-electron chi connectivity index (χ2n) is 7.32. The Balaban J connectivity index is 1.66. The van der Waals surface area contributed by atoms with Crippen LogP contribution in [0.15, 0.2) is 70.1 Å². The minimum absolute atomic E-state index is 0.0867. The molecule has 0 aliphatic heterocycles. The normalized spacial score (nSPS) is 12.1. The van der Waals surface area contributed by atoms with E-state index < -0.39 is 0 Å². The number of amides is 1. The summed E-state index contributed by atoms with van der Waals surface area (Å²) in [6, 6.07) is 15.4. The third kappa shape index (κ3) is 4.76. The molecule has 8 heteroatoms. The number of pyridine rings is 1. The Morgan fingerprint density at radius 2 is 2.00 bits per heavy atom. The molecule has 0 bridgehead atoms. The highest BCUT2D eigenvalue weighted by atomic mass is 32.2. The number of benzene rings is 1. The van der Waals surface area contributed by atoms with Crippen molar-refractivity contribution in [2.75, 3.05) is 5.32 Å². The molecule has 1 amide bonds. The monoisotopic (exact) mass is 465 g/mol. The van der Waals surface area contributed by atoms with Crippen LogP contribution in [0, 0.1) is 0 Å². The number of thiophene rings is 1. The summed E-state index contributed by atoms with van der Waals surface area (Å²) in [5, 5.41) is 5.11. The molecule has 0 aliphatic carbocycles. The van der Waals surface area contributed by atoms with Crippen molar-refractivity contribution < 1.29 is 9.78 Å². The van der Waals surface area contributed by atoms with Crippen molar-refractivity contribution in [2.24, 2.45) is 0 Å². The third-order valence-electron chi connectivity index (χ3n) is 5.20. The van der Waals surface area contributed by atoms with Gasteiger partial charge in [-0.2, -0.15) is 0 Å². The van der Waals surface area contributed by atoms with Crippen molar-refractivity contribution in [1.29, 1.82) is 0 Å². The summed E-state index contributed by atoms with van der Waals surface area (Å²) in [4.78, 5) is 34.3. The molecule has 4 rings (SSSR count). The lowest BCUT2D eigenvalue weighted by Crippen LogP contribution is -2.29. The molecule has 0 aliphatic rings. The minimum atomic E-state index is -0.381. The zero-order valence-corrected chi connectivity index (χ0v) is 19.6. The van der Waals surface area contributed by atoms with E-state index in [1.807, 2.05) is 67.0 Å². The number of aromatic nitrogens is 3. The van der Waals surface area contributed by atoms with Gasteiger partial charge < -0.3 is 5.32 Å². The number of nitrogens with one attached hydrogen (secondary N) is 2.